The molecule has 3 aromatic rings. The molecule has 1 aromatic heterocycles. The SMILES string of the molecule is Cc1ccc(Cc2sc(Br)nc2NC(=O)CNc2ccc(C)cc2)cc1. The quantitative estimate of drug-likeness (QED) is 0.568. The Hall–Kier alpha value is -2.18. The van der Waals surface area contributed by atoms with Gasteiger partial charge in [0.2, 0.25) is 5.91 Å². The van der Waals surface area contributed by atoms with Crippen LogP contribution < -0.4 is 10.6 Å². The molecular weight excluding hydrogens is 410 g/mol. The number of anilines is 2. The molecule has 0 saturated carbocycles. The number of halogens is 1. The van der Waals surface area contributed by atoms with E-state index in [0.29, 0.717) is 5.82 Å². The van der Waals surface area contributed by atoms with Crippen molar-refractivity contribution in [2.75, 3.05) is 17.2 Å². The van der Waals surface area contributed by atoms with Crippen molar-refractivity contribution in [3.63, 3.8) is 0 Å². The Morgan fingerprint density at radius 3 is 2.31 bits per heavy atom. The van der Waals surface area contributed by atoms with Gasteiger partial charge in [0, 0.05) is 12.1 Å². The summed E-state index contributed by atoms with van der Waals surface area (Å²) in [5.74, 6) is 0.506. The summed E-state index contributed by atoms with van der Waals surface area (Å²) >= 11 is 4.96. The van der Waals surface area contributed by atoms with Crippen LogP contribution in [0.3, 0.4) is 0 Å². The highest BCUT2D eigenvalue weighted by Crippen LogP contribution is 2.29. The number of rotatable bonds is 6. The minimum absolute atomic E-state index is 0.117. The van der Waals surface area contributed by atoms with Crippen LogP contribution >= 0.6 is 27.3 Å². The average Bonchev–Trinajstić information content (AvgIpc) is 2.95. The maximum Gasteiger partial charge on any atom is 0.244 e. The number of aromatic nitrogens is 1. The Balaban J connectivity index is 1.62. The minimum Gasteiger partial charge on any atom is -0.376 e. The van der Waals surface area contributed by atoms with E-state index >= 15 is 0 Å². The van der Waals surface area contributed by atoms with Crippen LogP contribution in [0, 0.1) is 13.8 Å². The van der Waals surface area contributed by atoms with Crippen molar-refractivity contribution in [2.45, 2.75) is 20.3 Å². The molecule has 0 aliphatic rings. The van der Waals surface area contributed by atoms with E-state index in [2.05, 4.69) is 62.7 Å². The van der Waals surface area contributed by atoms with E-state index in [1.165, 1.54) is 16.7 Å². The van der Waals surface area contributed by atoms with Gasteiger partial charge in [-0.15, -0.1) is 11.3 Å². The summed E-state index contributed by atoms with van der Waals surface area (Å²) in [5, 5.41) is 6.04. The summed E-state index contributed by atoms with van der Waals surface area (Å²) < 4.78 is 0.765. The van der Waals surface area contributed by atoms with Crippen molar-refractivity contribution in [1.82, 2.24) is 4.98 Å². The van der Waals surface area contributed by atoms with Crippen molar-refractivity contribution < 1.29 is 4.79 Å². The molecule has 2 N–H and O–H groups in total. The molecule has 0 fully saturated rings. The van der Waals surface area contributed by atoms with Crippen molar-refractivity contribution in [3.05, 3.63) is 74.0 Å². The highest BCUT2D eigenvalue weighted by molar-refractivity contribution is 9.11. The summed E-state index contributed by atoms with van der Waals surface area (Å²) in [6.45, 7) is 4.30. The van der Waals surface area contributed by atoms with Crippen LogP contribution in [0.15, 0.2) is 52.4 Å². The molecule has 4 nitrogen and oxygen atoms in total. The standard InChI is InChI=1S/C20H20BrN3OS/c1-13-3-7-15(8-4-13)11-17-19(24-20(21)26-17)23-18(25)12-22-16-9-5-14(2)6-10-16/h3-10,22H,11-12H2,1-2H3,(H,23,25). The fourth-order valence-corrected chi connectivity index (χ4v) is 4.00. The van der Waals surface area contributed by atoms with Gasteiger partial charge in [0.1, 0.15) is 5.82 Å². The monoisotopic (exact) mass is 429 g/mol. The van der Waals surface area contributed by atoms with Crippen LogP contribution in [0.5, 0.6) is 0 Å². The van der Waals surface area contributed by atoms with Gasteiger partial charge in [-0.2, -0.15) is 0 Å². The molecule has 0 spiro atoms. The molecule has 1 amide bonds. The highest BCUT2D eigenvalue weighted by Gasteiger charge is 2.13. The fraction of sp³-hybridized carbons (Fsp3) is 0.200. The third-order valence-electron chi connectivity index (χ3n) is 3.92. The Kier molecular flexibility index (Phi) is 6.06. The first kappa shape index (κ1) is 18.6. The molecule has 1 heterocycles. The number of amides is 1. The van der Waals surface area contributed by atoms with Gasteiger partial charge < -0.3 is 10.6 Å². The zero-order chi connectivity index (χ0) is 18.5. The molecule has 0 aliphatic carbocycles. The van der Waals surface area contributed by atoms with Crippen LogP contribution in [0.2, 0.25) is 0 Å². The lowest BCUT2D eigenvalue weighted by Gasteiger charge is -2.08. The zero-order valence-electron chi connectivity index (χ0n) is 14.7. The summed E-state index contributed by atoms with van der Waals surface area (Å²) in [5.41, 5.74) is 4.54. The lowest BCUT2D eigenvalue weighted by Crippen LogP contribution is -2.22. The molecule has 0 aliphatic heterocycles. The van der Waals surface area contributed by atoms with Gasteiger partial charge >= 0.3 is 0 Å². The predicted molar refractivity (Wildman–Crippen MR) is 112 cm³/mol. The Bertz CT molecular complexity index is 888. The third-order valence-corrected chi connectivity index (χ3v) is 5.43. The number of benzene rings is 2. The molecule has 0 radical (unpaired) electrons. The second kappa shape index (κ2) is 8.47. The second-order valence-electron chi connectivity index (χ2n) is 6.17. The van der Waals surface area contributed by atoms with Crippen molar-refractivity contribution >= 4 is 44.7 Å². The van der Waals surface area contributed by atoms with Crippen LogP contribution in [-0.2, 0) is 11.2 Å². The first-order valence-electron chi connectivity index (χ1n) is 8.31. The van der Waals surface area contributed by atoms with Crippen LogP contribution in [0.4, 0.5) is 11.5 Å². The predicted octanol–water partition coefficient (Wildman–Crippen LogP) is 5.16. The maximum absolute atomic E-state index is 12.3. The number of aryl methyl sites for hydroxylation is 2. The molecular formula is C20H20BrN3OS. The van der Waals surface area contributed by atoms with E-state index in [0.717, 1.165) is 20.9 Å². The van der Waals surface area contributed by atoms with Gasteiger partial charge in [-0.3, -0.25) is 4.79 Å². The Morgan fingerprint density at radius 2 is 1.65 bits per heavy atom. The lowest BCUT2D eigenvalue weighted by molar-refractivity contribution is -0.114. The third kappa shape index (κ3) is 5.16. The normalized spacial score (nSPS) is 10.6. The summed E-state index contributed by atoms with van der Waals surface area (Å²) in [7, 11) is 0. The Morgan fingerprint density at radius 1 is 1.04 bits per heavy atom. The number of nitrogens with zero attached hydrogens (tertiary/aromatic N) is 1. The molecule has 0 saturated heterocycles. The Labute approximate surface area is 165 Å². The van der Waals surface area contributed by atoms with Crippen LogP contribution in [-0.4, -0.2) is 17.4 Å². The van der Waals surface area contributed by atoms with E-state index in [9.17, 15) is 4.79 Å². The topological polar surface area (TPSA) is 54.0 Å². The first-order chi connectivity index (χ1) is 12.5. The molecule has 0 atom stereocenters. The van der Waals surface area contributed by atoms with Crippen LogP contribution in [0.25, 0.3) is 0 Å². The van der Waals surface area contributed by atoms with Gasteiger partial charge in [-0.25, -0.2) is 4.98 Å². The smallest absolute Gasteiger partial charge is 0.244 e. The van der Waals surface area contributed by atoms with Crippen molar-refractivity contribution in [2.24, 2.45) is 0 Å². The summed E-state index contributed by atoms with van der Waals surface area (Å²) in [4.78, 5) is 17.7. The largest absolute Gasteiger partial charge is 0.376 e. The summed E-state index contributed by atoms with van der Waals surface area (Å²) in [6, 6.07) is 16.3. The molecule has 6 heteroatoms. The number of nitrogens with one attached hydrogen (secondary N) is 2. The molecule has 3 rings (SSSR count). The van der Waals surface area contributed by atoms with Crippen LogP contribution in [0.1, 0.15) is 21.6 Å². The zero-order valence-corrected chi connectivity index (χ0v) is 17.1. The molecule has 0 unspecified atom stereocenters. The molecule has 26 heavy (non-hydrogen) atoms. The van der Waals surface area contributed by atoms with E-state index in [-0.39, 0.29) is 12.5 Å². The minimum atomic E-state index is -0.117. The van der Waals surface area contributed by atoms with Crippen molar-refractivity contribution in [3.8, 4) is 0 Å². The maximum atomic E-state index is 12.3. The van der Waals surface area contributed by atoms with Crippen molar-refractivity contribution in [1.29, 1.82) is 0 Å². The number of thiazole rings is 1. The van der Waals surface area contributed by atoms with E-state index in [1.807, 2.05) is 31.2 Å². The van der Waals surface area contributed by atoms with Gasteiger partial charge in [-0.1, -0.05) is 47.5 Å². The number of hydrogen-bond acceptors (Lipinski definition) is 4. The van der Waals surface area contributed by atoms with E-state index in [1.54, 1.807) is 11.3 Å². The molecule has 2 aromatic carbocycles. The lowest BCUT2D eigenvalue weighted by atomic mass is 10.1. The van der Waals surface area contributed by atoms with Gasteiger partial charge in [0.25, 0.3) is 0 Å². The van der Waals surface area contributed by atoms with Gasteiger partial charge in [0.05, 0.1) is 11.4 Å². The first-order valence-corrected chi connectivity index (χ1v) is 9.92. The van der Waals surface area contributed by atoms with Gasteiger partial charge in [0.15, 0.2) is 3.92 Å². The average molecular weight is 430 g/mol. The number of carbonyl (C=O) groups is 1. The molecule has 0 bridgehead atoms. The fourth-order valence-electron chi connectivity index (χ4n) is 2.46. The number of hydrogen-bond donors (Lipinski definition) is 2. The highest BCUT2D eigenvalue weighted by atomic mass is 79.9. The van der Waals surface area contributed by atoms with Gasteiger partial charge in [-0.05, 0) is 47.5 Å². The number of carbonyl (C=O) groups excluding carboxylic acids is 1. The molecule has 134 valence electrons. The van der Waals surface area contributed by atoms with E-state index in [4.69, 9.17) is 0 Å². The summed E-state index contributed by atoms with van der Waals surface area (Å²) in [6.07, 6.45) is 0.741. The van der Waals surface area contributed by atoms with E-state index < -0.39 is 0 Å². The second-order valence-corrected chi connectivity index (χ2v) is 8.53.